The van der Waals surface area contributed by atoms with Crippen molar-refractivity contribution in [3.63, 3.8) is 0 Å². The summed E-state index contributed by atoms with van der Waals surface area (Å²) in [7, 11) is -1.36. The maximum atomic E-state index is 13.0. The molecule has 0 aliphatic carbocycles. The number of aromatic nitrogens is 4. The van der Waals surface area contributed by atoms with E-state index in [0.717, 1.165) is 5.56 Å². The van der Waals surface area contributed by atoms with Crippen molar-refractivity contribution in [2.75, 3.05) is 10.2 Å². The third kappa shape index (κ3) is 2.71. The predicted molar refractivity (Wildman–Crippen MR) is 107 cm³/mol. The van der Waals surface area contributed by atoms with E-state index >= 15 is 0 Å². The lowest BCUT2D eigenvalue weighted by Crippen LogP contribution is -2.34. The first-order valence-corrected chi connectivity index (χ1v) is 10.0. The van der Waals surface area contributed by atoms with Crippen LogP contribution in [0.3, 0.4) is 0 Å². The SMILES string of the molecule is Cc1ccnc(N2C(=O)Nc3c[s+](C(=O)[O-])c4nccc2c34)c1Oc1cccnn1. The minimum absolute atomic E-state index is 0.228. The summed E-state index contributed by atoms with van der Waals surface area (Å²) in [6.07, 6.45) is 4.53. The first-order valence-electron chi connectivity index (χ1n) is 8.72. The molecule has 1 aliphatic heterocycles. The smallest absolute Gasteiger partial charge is 0.332 e. The number of thiophene rings is 1. The largest absolute Gasteiger partial charge is 0.500 e. The minimum Gasteiger partial charge on any atom is -0.500 e. The van der Waals surface area contributed by atoms with E-state index in [1.165, 1.54) is 22.7 Å². The zero-order valence-corrected chi connectivity index (χ0v) is 16.2. The topological polar surface area (TPSA) is 133 Å². The van der Waals surface area contributed by atoms with Gasteiger partial charge in [-0.3, -0.25) is 0 Å². The maximum Gasteiger partial charge on any atom is 0.332 e. The summed E-state index contributed by atoms with van der Waals surface area (Å²) in [6, 6.07) is 6.18. The number of rotatable bonds is 4. The average Bonchev–Trinajstić information content (AvgIpc) is 3.11. The van der Waals surface area contributed by atoms with Gasteiger partial charge in [0.2, 0.25) is 5.88 Å². The molecular formula is C19H12N6O4S. The number of pyridine rings is 2. The number of nitrogens with zero attached hydrogens (tertiary/aromatic N) is 5. The first kappa shape index (κ1) is 17.9. The van der Waals surface area contributed by atoms with Crippen molar-refractivity contribution in [3.05, 3.63) is 53.8 Å². The minimum atomic E-state index is -1.36. The van der Waals surface area contributed by atoms with E-state index in [0.29, 0.717) is 27.3 Å². The highest BCUT2D eigenvalue weighted by Crippen LogP contribution is 2.48. The molecule has 5 rings (SSSR count). The molecule has 4 aromatic rings. The van der Waals surface area contributed by atoms with Crippen molar-refractivity contribution in [1.29, 1.82) is 0 Å². The molecule has 1 N–H and O–H groups in total. The lowest BCUT2D eigenvalue weighted by atomic mass is 10.2. The van der Waals surface area contributed by atoms with Crippen LogP contribution in [0.25, 0.3) is 10.2 Å². The Kier molecular flexibility index (Phi) is 4.03. The average molecular weight is 420 g/mol. The van der Waals surface area contributed by atoms with E-state index in [2.05, 4.69) is 25.5 Å². The van der Waals surface area contributed by atoms with Gasteiger partial charge >= 0.3 is 11.3 Å². The fourth-order valence-corrected chi connectivity index (χ4v) is 4.63. The van der Waals surface area contributed by atoms with Crippen molar-refractivity contribution in [2.24, 2.45) is 0 Å². The number of nitrogens with one attached hydrogen (secondary N) is 1. The second kappa shape index (κ2) is 6.74. The Labute approximate surface area is 171 Å². The zero-order valence-electron chi connectivity index (χ0n) is 15.4. The summed E-state index contributed by atoms with van der Waals surface area (Å²) < 4.78 is 5.90. The standard InChI is InChI=1S/C19H12N6O4S/c1-10-4-7-20-16(15(10)29-13-3-2-6-22-24-13)25-12-5-8-21-17-14(12)11(23-18(25)26)9-30(17)19(27)28/h2-9H,1H3,(H-,23,26,27,28). The number of ether oxygens (including phenoxy) is 1. The number of hydrogen-bond acceptors (Lipinski definition) is 8. The van der Waals surface area contributed by atoms with E-state index in [9.17, 15) is 14.7 Å². The highest BCUT2D eigenvalue weighted by atomic mass is 32.2. The normalized spacial score (nSPS) is 13.3. The van der Waals surface area contributed by atoms with E-state index in [1.807, 2.05) is 6.92 Å². The highest BCUT2D eigenvalue weighted by molar-refractivity contribution is 7.54. The molecule has 148 valence electrons. The van der Waals surface area contributed by atoms with Crippen LogP contribution in [0.15, 0.2) is 48.2 Å². The molecule has 11 heteroatoms. The molecule has 4 aromatic heterocycles. The number of urea groups is 1. The molecule has 0 radical (unpaired) electrons. The summed E-state index contributed by atoms with van der Waals surface area (Å²) >= 11 is 0. The van der Waals surface area contributed by atoms with Crippen LogP contribution in [0.1, 0.15) is 5.56 Å². The molecule has 0 aromatic carbocycles. The lowest BCUT2D eigenvalue weighted by Gasteiger charge is -2.27. The maximum absolute atomic E-state index is 13.0. The van der Waals surface area contributed by atoms with Gasteiger partial charge < -0.3 is 20.0 Å². The van der Waals surface area contributed by atoms with Gasteiger partial charge in [-0.2, -0.15) is 5.10 Å². The molecule has 0 fully saturated rings. The monoisotopic (exact) mass is 420 g/mol. The Morgan fingerprint density at radius 1 is 1.20 bits per heavy atom. The summed E-state index contributed by atoms with van der Waals surface area (Å²) in [5.41, 5.74) is 1.57. The molecule has 0 saturated carbocycles. The number of carbonyl (C=O) groups excluding carboxylic acids is 2. The molecule has 1 unspecified atom stereocenters. The Hall–Kier alpha value is -4.12. The van der Waals surface area contributed by atoms with Crippen LogP contribution in [-0.2, 0) is 0 Å². The summed E-state index contributed by atoms with van der Waals surface area (Å²) in [4.78, 5) is 34.8. The zero-order chi connectivity index (χ0) is 20.8. The summed E-state index contributed by atoms with van der Waals surface area (Å²) in [6.45, 7) is 1.81. The molecule has 30 heavy (non-hydrogen) atoms. The fourth-order valence-electron chi connectivity index (χ4n) is 3.24. The molecule has 2 amide bonds. The molecular weight excluding hydrogens is 408 g/mol. The predicted octanol–water partition coefficient (Wildman–Crippen LogP) is 3.14. The van der Waals surface area contributed by atoms with Gasteiger partial charge in [0.25, 0.3) is 4.83 Å². The molecule has 5 heterocycles. The van der Waals surface area contributed by atoms with Crippen LogP contribution < -0.4 is 20.1 Å². The van der Waals surface area contributed by atoms with Crippen molar-refractivity contribution < 1.29 is 19.4 Å². The molecule has 0 saturated heterocycles. The van der Waals surface area contributed by atoms with Crippen LogP contribution in [0.5, 0.6) is 11.6 Å². The second-order valence-electron chi connectivity index (χ2n) is 6.34. The van der Waals surface area contributed by atoms with E-state index in [1.54, 1.807) is 30.5 Å². The summed E-state index contributed by atoms with van der Waals surface area (Å²) in [5, 5.41) is 22.7. The lowest BCUT2D eigenvalue weighted by molar-refractivity contribution is -0.233. The van der Waals surface area contributed by atoms with E-state index < -0.39 is 21.8 Å². The highest BCUT2D eigenvalue weighted by Gasteiger charge is 2.36. The molecule has 0 spiro atoms. The van der Waals surface area contributed by atoms with Crippen LogP contribution in [-0.4, -0.2) is 31.5 Å². The second-order valence-corrected chi connectivity index (χ2v) is 7.97. The van der Waals surface area contributed by atoms with Gasteiger partial charge in [-0.25, -0.2) is 19.7 Å². The number of carboxylic acid groups (broad SMARTS) is 1. The van der Waals surface area contributed by atoms with Crippen LogP contribution in [0, 0.1) is 6.92 Å². The van der Waals surface area contributed by atoms with Crippen molar-refractivity contribution in [1.82, 2.24) is 20.2 Å². The van der Waals surface area contributed by atoms with Crippen molar-refractivity contribution in [2.45, 2.75) is 6.92 Å². The third-order valence-corrected chi connectivity index (χ3v) is 6.08. The Bertz CT molecular complexity index is 1320. The number of carbonyl (C=O) groups is 2. The molecule has 0 bridgehead atoms. The van der Waals surface area contributed by atoms with Crippen LogP contribution in [0.4, 0.5) is 26.8 Å². The van der Waals surface area contributed by atoms with Crippen LogP contribution in [0.2, 0.25) is 0 Å². The first-order chi connectivity index (χ1) is 14.5. The molecule has 1 atom stereocenters. The quantitative estimate of drug-likeness (QED) is 0.498. The van der Waals surface area contributed by atoms with Gasteiger partial charge in [-0.15, -0.1) is 5.10 Å². The van der Waals surface area contributed by atoms with Crippen molar-refractivity contribution >= 4 is 49.2 Å². The number of aryl methyl sites for hydroxylation is 1. The van der Waals surface area contributed by atoms with Gasteiger partial charge in [-0.1, -0.05) is 0 Å². The van der Waals surface area contributed by atoms with Gasteiger partial charge in [0.05, 0.1) is 16.2 Å². The number of hydrogen-bond donors (Lipinski definition) is 1. The number of amides is 2. The van der Waals surface area contributed by atoms with Gasteiger partial charge in [0.1, 0.15) is 11.1 Å². The van der Waals surface area contributed by atoms with Gasteiger partial charge in [-0.05, 0) is 30.7 Å². The van der Waals surface area contributed by atoms with E-state index in [-0.39, 0.29) is 11.7 Å². The Morgan fingerprint density at radius 2 is 2.03 bits per heavy atom. The van der Waals surface area contributed by atoms with Crippen LogP contribution >= 0.6 is 10.5 Å². The van der Waals surface area contributed by atoms with E-state index in [4.69, 9.17) is 4.74 Å². The van der Waals surface area contributed by atoms with Crippen molar-refractivity contribution in [3.8, 4) is 11.6 Å². The third-order valence-electron chi connectivity index (χ3n) is 4.52. The summed E-state index contributed by atoms with van der Waals surface area (Å²) in [5.74, 6) is 0.792. The van der Waals surface area contributed by atoms with Gasteiger partial charge in [0, 0.05) is 24.7 Å². The fraction of sp³-hybridized carbons (Fsp3) is 0.0526. The number of anilines is 3. The Morgan fingerprint density at radius 3 is 2.80 bits per heavy atom. The van der Waals surface area contributed by atoms with Gasteiger partial charge in [0.15, 0.2) is 16.9 Å². The molecule has 10 nitrogen and oxygen atoms in total. The Balaban J connectivity index is 1.71. The molecule has 1 aliphatic rings.